The molecule has 1 aliphatic heterocycles. The highest BCUT2D eigenvalue weighted by molar-refractivity contribution is 6.30. The number of para-hydroxylation sites is 1. The first-order chi connectivity index (χ1) is 17.4. The van der Waals surface area contributed by atoms with Crippen molar-refractivity contribution in [3.63, 3.8) is 0 Å². The second-order valence-corrected chi connectivity index (χ2v) is 10.8. The molecule has 10 heteroatoms. The van der Waals surface area contributed by atoms with E-state index in [2.05, 4.69) is 16.9 Å². The van der Waals surface area contributed by atoms with E-state index in [4.69, 9.17) is 16.3 Å². The molecule has 0 N–H and O–H groups in total. The number of ether oxygens (including phenoxy) is 1. The van der Waals surface area contributed by atoms with Crippen molar-refractivity contribution in [2.24, 2.45) is 0 Å². The number of benzene rings is 1. The maximum Gasteiger partial charge on any atom is 0.410 e. The van der Waals surface area contributed by atoms with Gasteiger partial charge in [0.15, 0.2) is 16.6 Å². The van der Waals surface area contributed by atoms with Gasteiger partial charge >= 0.3 is 11.8 Å². The predicted molar refractivity (Wildman–Crippen MR) is 143 cm³/mol. The minimum absolute atomic E-state index is 0.208. The Hall–Kier alpha value is -3.20. The summed E-state index contributed by atoms with van der Waals surface area (Å²) >= 11 is 6.12. The van der Waals surface area contributed by atoms with Gasteiger partial charge in [0, 0.05) is 25.7 Å². The number of nitrogens with zero attached hydrogens (tertiary/aromatic N) is 5. The van der Waals surface area contributed by atoms with Gasteiger partial charge in [-0.05, 0) is 58.2 Å². The van der Waals surface area contributed by atoms with E-state index in [-0.39, 0.29) is 16.8 Å². The molecule has 1 saturated heterocycles. The van der Waals surface area contributed by atoms with Crippen molar-refractivity contribution in [3.05, 3.63) is 56.8 Å². The van der Waals surface area contributed by atoms with Gasteiger partial charge in [-0.25, -0.2) is 23.5 Å². The van der Waals surface area contributed by atoms with E-state index >= 15 is 0 Å². The van der Waals surface area contributed by atoms with Gasteiger partial charge in [-0.3, -0.25) is 0 Å². The molecule has 37 heavy (non-hydrogen) atoms. The molecular weight excluding hydrogens is 497 g/mol. The summed E-state index contributed by atoms with van der Waals surface area (Å²) in [5.41, 5.74) is 1.67. The highest BCUT2D eigenvalue weighted by atomic mass is 35.5. The summed E-state index contributed by atoms with van der Waals surface area (Å²) in [6, 6.07) is 6.92. The van der Waals surface area contributed by atoms with Crippen LogP contribution in [0.2, 0.25) is 5.15 Å². The number of carbonyl (C=O) groups is 1. The lowest BCUT2D eigenvalue weighted by Gasteiger charge is -2.41. The first-order valence-electron chi connectivity index (χ1n) is 12.5. The first kappa shape index (κ1) is 26.9. The zero-order valence-electron chi connectivity index (χ0n) is 22.1. The molecule has 0 radical (unpaired) electrons. The Labute approximate surface area is 221 Å². The molecule has 1 aliphatic rings. The molecular formula is C27H33ClFN5O3. The third kappa shape index (κ3) is 5.42. The van der Waals surface area contributed by atoms with E-state index < -0.39 is 23.2 Å². The largest absolute Gasteiger partial charge is 0.444 e. The maximum atomic E-state index is 14.7. The van der Waals surface area contributed by atoms with E-state index in [0.717, 1.165) is 24.0 Å². The van der Waals surface area contributed by atoms with Crippen LogP contribution >= 0.6 is 11.6 Å². The number of piperazine rings is 1. The minimum atomic E-state index is -0.693. The lowest BCUT2D eigenvalue weighted by atomic mass is 10.0. The van der Waals surface area contributed by atoms with Crippen LogP contribution in [-0.2, 0) is 11.2 Å². The van der Waals surface area contributed by atoms with Crippen molar-refractivity contribution in [1.82, 2.24) is 19.4 Å². The van der Waals surface area contributed by atoms with Gasteiger partial charge in [-0.1, -0.05) is 43.1 Å². The molecule has 0 saturated carbocycles. The molecule has 3 aromatic rings. The summed E-state index contributed by atoms with van der Waals surface area (Å²) in [6.07, 6.45) is 1.25. The summed E-state index contributed by atoms with van der Waals surface area (Å²) in [4.78, 5) is 38.5. The van der Waals surface area contributed by atoms with Crippen LogP contribution in [0.3, 0.4) is 0 Å². The Morgan fingerprint density at radius 1 is 1.24 bits per heavy atom. The summed E-state index contributed by atoms with van der Waals surface area (Å²) < 4.78 is 21.7. The van der Waals surface area contributed by atoms with Crippen LogP contribution in [0.5, 0.6) is 0 Å². The van der Waals surface area contributed by atoms with Crippen LogP contribution in [0, 0.1) is 12.7 Å². The Morgan fingerprint density at radius 2 is 1.97 bits per heavy atom. The van der Waals surface area contributed by atoms with Crippen molar-refractivity contribution in [2.75, 3.05) is 24.5 Å². The second-order valence-electron chi connectivity index (χ2n) is 10.5. The number of anilines is 1. The van der Waals surface area contributed by atoms with E-state index in [0.29, 0.717) is 36.5 Å². The Kier molecular flexibility index (Phi) is 7.46. The SMILES string of the molecule is CCCc1cccc(C)c1-n1c(=O)nc(N2CCN(C(=O)OC(C)(C)C)C[C@@H]2C)c2cc(F)c(Cl)nc21. The molecule has 1 fully saturated rings. The monoisotopic (exact) mass is 529 g/mol. The van der Waals surface area contributed by atoms with Crippen LogP contribution in [0.4, 0.5) is 15.0 Å². The van der Waals surface area contributed by atoms with Crippen molar-refractivity contribution in [3.8, 4) is 5.69 Å². The summed E-state index contributed by atoms with van der Waals surface area (Å²) in [6.45, 7) is 12.5. The van der Waals surface area contributed by atoms with E-state index in [1.54, 1.807) is 4.90 Å². The average Bonchev–Trinajstić information content (AvgIpc) is 2.80. The normalized spacial score (nSPS) is 16.4. The number of aromatic nitrogens is 3. The number of fused-ring (bicyclic) bond motifs is 1. The quantitative estimate of drug-likeness (QED) is 0.428. The van der Waals surface area contributed by atoms with Crippen molar-refractivity contribution in [1.29, 1.82) is 0 Å². The number of hydrogen-bond donors (Lipinski definition) is 0. The molecule has 198 valence electrons. The Morgan fingerprint density at radius 3 is 2.62 bits per heavy atom. The lowest BCUT2D eigenvalue weighted by Crippen LogP contribution is -2.55. The maximum absolute atomic E-state index is 14.7. The smallest absolute Gasteiger partial charge is 0.410 e. The fraction of sp³-hybridized carbons (Fsp3) is 0.481. The van der Waals surface area contributed by atoms with Crippen LogP contribution in [0.1, 0.15) is 52.2 Å². The van der Waals surface area contributed by atoms with Gasteiger partial charge in [0.25, 0.3) is 0 Å². The summed E-state index contributed by atoms with van der Waals surface area (Å²) in [7, 11) is 0. The first-order valence-corrected chi connectivity index (χ1v) is 12.9. The van der Waals surface area contributed by atoms with Gasteiger partial charge in [-0.2, -0.15) is 4.98 Å². The molecule has 0 unspecified atom stereocenters. The van der Waals surface area contributed by atoms with Crippen molar-refractivity contribution in [2.45, 2.75) is 66.0 Å². The number of aryl methyl sites for hydroxylation is 2. The third-order valence-electron chi connectivity index (χ3n) is 6.37. The molecule has 1 amide bonds. The zero-order chi connectivity index (χ0) is 27.1. The van der Waals surface area contributed by atoms with Gasteiger partial charge in [0.2, 0.25) is 0 Å². The second kappa shape index (κ2) is 10.3. The molecule has 4 rings (SSSR count). The molecule has 1 atom stereocenters. The fourth-order valence-corrected chi connectivity index (χ4v) is 4.91. The van der Waals surface area contributed by atoms with Gasteiger partial charge in [-0.15, -0.1) is 0 Å². The number of hydrogen-bond acceptors (Lipinski definition) is 6. The van der Waals surface area contributed by atoms with Crippen LogP contribution < -0.4 is 10.6 Å². The highest BCUT2D eigenvalue weighted by Gasteiger charge is 2.32. The third-order valence-corrected chi connectivity index (χ3v) is 6.64. The van der Waals surface area contributed by atoms with Crippen LogP contribution in [-0.4, -0.2) is 56.8 Å². The van der Waals surface area contributed by atoms with Crippen LogP contribution in [0.25, 0.3) is 16.7 Å². The lowest BCUT2D eigenvalue weighted by molar-refractivity contribution is 0.0218. The summed E-state index contributed by atoms with van der Waals surface area (Å²) in [5.74, 6) is -0.373. The summed E-state index contributed by atoms with van der Waals surface area (Å²) in [5, 5.41) is 0.0657. The number of carbonyl (C=O) groups excluding carboxylic acids is 1. The number of amides is 1. The van der Waals surface area contributed by atoms with Gasteiger partial charge in [0.05, 0.1) is 11.1 Å². The fourth-order valence-electron chi connectivity index (χ4n) is 4.78. The molecule has 0 spiro atoms. The standard InChI is InChI=1S/C27H33ClFN5O3/c1-7-9-18-11-8-10-16(2)21(18)34-24-19(14-20(29)22(28)30-24)23(31-25(34)35)33-13-12-32(15-17(33)3)26(36)37-27(4,5)6/h8,10-11,14,17H,7,9,12-13,15H2,1-6H3/t17-/m0/s1. The van der Waals surface area contributed by atoms with E-state index in [1.165, 1.54) is 10.6 Å². The molecule has 0 bridgehead atoms. The molecule has 3 heterocycles. The molecule has 2 aromatic heterocycles. The number of pyridine rings is 1. The number of rotatable bonds is 4. The van der Waals surface area contributed by atoms with Gasteiger partial charge < -0.3 is 14.5 Å². The van der Waals surface area contributed by atoms with Crippen molar-refractivity contribution >= 4 is 34.5 Å². The average molecular weight is 530 g/mol. The Balaban J connectivity index is 1.83. The van der Waals surface area contributed by atoms with Crippen LogP contribution in [0.15, 0.2) is 29.1 Å². The van der Waals surface area contributed by atoms with Crippen molar-refractivity contribution < 1.29 is 13.9 Å². The molecule has 0 aliphatic carbocycles. The Bertz CT molecular complexity index is 1400. The molecule has 1 aromatic carbocycles. The predicted octanol–water partition coefficient (Wildman–Crippen LogP) is 5.28. The topological polar surface area (TPSA) is 80.6 Å². The number of halogens is 2. The highest BCUT2D eigenvalue weighted by Crippen LogP contribution is 2.31. The molecule has 8 nitrogen and oxygen atoms in total. The zero-order valence-corrected chi connectivity index (χ0v) is 22.9. The van der Waals surface area contributed by atoms with E-state index in [1.807, 2.05) is 57.7 Å². The minimum Gasteiger partial charge on any atom is -0.444 e. The van der Waals surface area contributed by atoms with Gasteiger partial charge in [0.1, 0.15) is 11.4 Å². The van der Waals surface area contributed by atoms with E-state index in [9.17, 15) is 14.0 Å².